The van der Waals surface area contributed by atoms with Gasteiger partial charge in [-0.05, 0) is 12.0 Å². The minimum atomic E-state index is -0.884. The van der Waals surface area contributed by atoms with Crippen molar-refractivity contribution in [3.05, 3.63) is 35.9 Å². The van der Waals surface area contributed by atoms with Crippen molar-refractivity contribution < 1.29 is 13.8 Å². The lowest BCUT2D eigenvalue weighted by atomic mass is 10.0. The zero-order valence-electron chi connectivity index (χ0n) is 11.4. The first-order valence-corrected chi connectivity index (χ1v) is 8.24. The molecule has 0 bridgehead atoms. The highest BCUT2D eigenvalue weighted by molar-refractivity contribution is 7.84. The van der Waals surface area contributed by atoms with Gasteiger partial charge >= 0.3 is 0 Å². The smallest absolute Gasteiger partial charge is 0.247 e. The summed E-state index contributed by atoms with van der Waals surface area (Å²) in [6.45, 7) is 0.489. The molecule has 1 saturated heterocycles. The van der Waals surface area contributed by atoms with Crippen LogP contribution in [0.15, 0.2) is 30.3 Å². The third-order valence-corrected chi connectivity index (χ3v) is 4.10. The molecule has 1 heterocycles. The number of amides is 2. The molecule has 0 saturated carbocycles. The van der Waals surface area contributed by atoms with E-state index in [1.165, 1.54) is 0 Å². The van der Waals surface area contributed by atoms with E-state index in [9.17, 15) is 13.8 Å². The Kier molecular flexibility index (Phi) is 4.89. The molecule has 20 heavy (non-hydrogen) atoms. The van der Waals surface area contributed by atoms with Gasteiger partial charge in [0.2, 0.25) is 11.8 Å². The Morgan fingerprint density at radius 3 is 2.65 bits per heavy atom. The average molecular weight is 294 g/mol. The molecular weight excluding hydrogens is 276 g/mol. The van der Waals surface area contributed by atoms with Crippen molar-refractivity contribution in [2.75, 3.05) is 25.1 Å². The molecule has 1 aliphatic rings. The lowest BCUT2D eigenvalue weighted by Crippen LogP contribution is -2.53. The van der Waals surface area contributed by atoms with Crippen LogP contribution < -0.4 is 5.32 Å². The van der Waals surface area contributed by atoms with Gasteiger partial charge in [0, 0.05) is 29.4 Å². The predicted octanol–water partition coefficient (Wildman–Crippen LogP) is 0.455. The SMILES string of the molecule is CS(=O)CCCN1C(=O)CNC(=O)C1c1ccccc1. The summed E-state index contributed by atoms with van der Waals surface area (Å²) in [5.41, 5.74) is 0.802. The van der Waals surface area contributed by atoms with Crippen molar-refractivity contribution in [1.29, 1.82) is 0 Å². The zero-order chi connectivity index (χ0) is 14.5. The van der Waals surface area contributed by atoms with E-state index >= 15 is 0 Å². The fourth-order valence-electron chi connectivity index (χ4n) is 2.31. The molecule has 108 valence electrons. The van der Waals surface area contributed by atoms with Gasteiger partial charge in [-0.3, -0.25) is 13.8 Å². The molecule has 1 N–H and O–H groups in total. The number of rotatable bonds is 5. The highest BCUT2D eigenvalue weighted by Gasteiger charge is 2.34. The number of benzene rings is 1. The van der Waals surface area contributed by atoms with Crippen LogP contribution >= 0.6 is 0 Å². The van der Waals surface area contributed by atoms with Gasteiger partial charge in [0.25, 0.3) is 0 Å². The molecule has 2 rings (SSSR count). The van der Waals surface area contributed by atoms with E-state index in [1.54, 1.807) is 11.2 Å². The number of nitrogens with zero attached hydrogens (tertiary/aromatic N) is 1. The van der Waals surface area contributed by atoms with E-state index in [0.29, 0.717) is 18.7 Å². The lowest BCUT2D eigenvalue weighted by molar-refractivity contribution is -0.145. The van der Waals surface area contributed by atoms with E-state index in [0.717, 1.165) is 5.56 Å². The molecule has 6 heteroatoms. The summed E-state index contributed by atoms with van der Waals surface area (Å²) in [6, 6.07) is 8.67. The Hall–Kier alpha value is -1.69. The summed E-state index contributed by atoms with van der Waals surface area (Å²) < 4.78 is 11.1. The summed E-state index contributed by atoms with van der Waals surface area (Å²) >= 11 is 0. The molecule has 1 fully saturated rings. The first-order valence-electron chi connectivity index (χ1n) is 6.52. The maximum Gasteiger partial charge on any atom is 0.247 e. The van der Waals surface area contributed by atoms with Crippen LogP contribution in [-0.4, -0.2) is 46.0 Å². The van der Waals surface area contributed by atoms with E-state index in [2.05, 4.69) is 5.32 Å². The Bertz CT molecular complexity index is 518. The number of nitrogens with one attached hydrogen (secondary N) is 1. The van der Waals surface area contributed by atoms with E-state index in [-0.39, 0.29) is 18.4 Å². The molecule has 0 radical (unpaired) electrons. The molecule has 0 spiro atoms. The number of hydrogen-bond acceptors (Lipinski definition) is 3. The average Bonchev–Trinajstić information content (AvgIpc) is 2.43. The molecule has 0 aliphatic carbocycles. The number of carbonyl (C=O) groups is 2. The van der Waals surface area contributed by atoms with Gasteiger partial charge in [0.1, 0.15) is 6.04 Å². The molecule has 2 amide bonds. The van der Waals surface area contributed by atoms with Crippen molar-refractivity contribution in [1.82, 2.24) is 10.2 Å². The van der Waals surface area contributed by atoms with Crippen LogP contribution in [-0.2, 0) is 20.4 Å². The molecule has 2 unspecified atom stereocenters. The maximum absolute atomic E-state index is 12.1. The lowest BCUT2D eigenvalue weighted by Gasteiger charge is -2.35. The highest BCUT2D eigenvalue weighted by Crippen LogP contribution is 2.23. The zero-order valence-corrected chi connectivity index (χ0v) is 12.2. The minimum absolute atomic E-state index is 0.0391. The van der Waals surface area contributed by atoms with Gasteiger partial charge in [0.05, 0.1) is 6.54 Å². The second-order valence-corrected chi connectivity index (χ2v) is 6.30. The molecule has 1 aromatic rings. The van der Waals surface area contributed by atoms with Crippen LogP contribution in [0.2, 0.25) is 0 Å². The monoisotopic (exact) mass is 294 g/mol. The molecule has 0 aromatic heterocycles. The molecule has 2 atom stereocenters. The van der Waals surface area contributed by atoms with Crippen LogP contribution in [0.5, 0.6) is 0 Å². The van der Waals surface area contributed by atoms with Gasteiger partial charge in [-0.15, -0.1) is 0 Å². The van der Waals surface area contributed by atoms with Crippen molar-refractivity contribution in [3.8, 4) is 0 Å². The summed E-state index contributed by atoms with van der Waals surface area (Å²) in [4.78, 5) is 25.7. The Morgan fingerprint density at radius 2 is 2.00 bits per heavy atom. The second kappa shape index (κ2) is 6.65. The van der Waals surface area contributed by atoms with Gasteiger partial charge in [0.15, 0.2) is 0 Å². The second-order valence-electron chi connectivity index (χ2n) is 4.75. The van der Waals surface area contributed by atoms with Gasteiger partial charge in [-0.1, -0.05) is 30.3 Å². The third-order valence-electron chi connectivity index (χ3n) is 3.24. The predicted molar refractivity (Wildman–Crippen MR) is 77.5 cm³/mol. The third kappa shape index (κ3) is 3.45. The topological polar surface area (TPSA) is 66.5 Å². The number of piperazine rings is 1. The fraction of sp³-hybridized carbons (Fsp3) is 0.429. The Morgan fingerprint density at radius 1 is 1.30 bits per heavy atom. The fourth-order valence-corrected chi connectivity index (χ4v) is 2.84. The molecular formula is C14H18N2O3S. The molecule has 1 aliphatic heterocycles. The van der Waals surface area contributed by atoms with Crippen LogP contribution in [0.4, 0.5) is 0 Å². The summed E-state index contributed by atoms with van der Waals surface area (Å²) in [5.74, 6) is 0.279. The Labute approximate surface area is 120 Å². The largest absolute Gasteiger partial charge is 0.345 e. The highest BCUT2D eigenvalue weighted by atomic mass is 32.2. The summed E-state index contributed by atoms with van der Waals surface area (Å²) in [5, 5.41) is 2.62. The van der Waals surface area contributed by atoms with E-state index in [1.807, 2.05) is 30.3 Å². The molecule has 5 nitrogen and oxygen atoms in total. The first-order chi connectivity index (χ1) is 9.59. The van der Waals surface area contributed by atoms with Crippen LogP contribution in [0.1, 0.15) is 18.0 Å². The van der Waals surface area contributed by atoms with Gasteiger partial charge < -0.3 is 10.2 Å². The Balaban J connectivity index is 2.16. The van der Waals surface area contributed by atoms with E-state index in [4.69, 9.17) is 0 Å². The molecule has 1 aromatic carbocycles. The van der Waals surface area contributed by atoms with Crippen LogP contribution in [0, 0.1) is 0 Å². The van der Waals surface area contributed by atoms with Gasteiger partial charge in [-0.25, -0.2) is 0 Å². The van der Waals surface area contributed by atoms with Crippen LogP contribution in [0.3, 0.4) is 0 Å². The standard InChI is InChI=1S/C14H18N2O3S/c1-20(19)9-5-8-16-12(17)10-15-14(18)13(16)11-6-3-2-4-7-11/h2-4,6-7,13H,5,8-10H2,1H3,(H,15,18). The van der Waals surface area contributed by atoms with Gasteiger partial charge in [-0.2, -0.15) is 0 Å². The number of carbonyl (C=O) groups excluding carboxylic acids is 2. The first kappa shape index (κ1) is 14.7. The van der Waals surface area contributed by atoms with Crippen molar-refractivity contribution >= 4 is 22.6 Å². The number of hydrogen-bond donors (Lipinski definition) is 1. The van der Waals surface area contributed by atoms with Crippen molar-refractivity contribution in [3.63, 3.8) is 0 Å². The maximum atomic E-state index is 12.1. The van der Waals surface area contributed by atoms with Crippen LogP contribution in [0.25, 0.3) is 0 Å². The van der Waals surface area contributed by atoms with Crippen molar-refractivity contribution in [2.45, 2.75) is 12.5 Å². The summed E-state index contributed by atoms with van der Waals surface area (Å²) in [7, 11) is -0.884. The van der Waals surface area contributed by atoms with E-state index < -0.39 is 16.8 Å². The van der Waals surface area contributed by atoms with Crippen molar-refractivity contribution in [2.24, 2.45) is 0 Å². The summed E-state index contributed by atoms with van der Waals surface area (Å²) in [6.07, 6.45) is 2.27. The normalized spacial score (nSPS) is 20.6. The minimum Gasteiger partial charge on any atom is -0.345 e. The quantitative estimate of drug-likeness (QED) is 0.857.